The van der Waals surface area contributed by atoms with E-state index in [4.69, 9.17) is 16.6 Å². The average molecular weight is 374 g/mol. The van der Waals surface area contributed by atoms with Crippen LogP contribution in [0.2, 0.25) is 5.02 Å². The predicted octanol–water partition coefficient (Wildman–Crippen LogP) is 1.89. The molecule has 0 saturated carbocycles. The fraction of sp³-hybridized carbons (Fsp3) is 0.444. The first kappa shape index (κ1) is 17.3. The third-order valence-corrected chi connectivity index (χ3v) is 5.21. The summed E-state index contributed by atoms with van der Waals surface area (Å²) in [6.45, 7) is 4.75. The van der Waals surface area contributed by atoms with Crippen molar-refractivity contribution in [3.63, 3.8) is 0 Å². The van der Waals surface area contributed by atoms with E-state index in [0.29, 0.717) is 0 Å². The summed E-state index contributed by atoms with van der Waals surface area (Å²) in [6.07, 6.45) is 1.76. The molecule has 138 valence electrons. The molecule has 0 radical (unpaired) electrons. The first-order valence-electron chi connectivity index (χ1n) is 8.88. The Bertz CT molecular complexity index is 790. The lowest BCUT2D eigenvalue weighted by atomic mass is 10.2. The minimum atomic E-state index is -0.120. The van der Waals surface area contributed by atoms with Gasteiger partial charge in [-0.3, -0.25) is 10.00 Å². The third-order valence-electron chi connectivity index (χ3n) is 4.96. The Balaban J connectivity index is 1.53. The maximum Gasteiger partial charge on any atom is 0.201 e. The van der Waals surface area contributed by atoms with Gasteiger partial charge < -0.3 is 15.1 Å². The van der Waals surface area contributed by atoms with Crippen LogP contribution < -0.4 is 10.6 Å². The fourth-order valence-corrected chi connectivity index (χ4v) is 3.42. The van der Waals surface area contributed by atoms with Gasteiger partial charge in [-0.05, 0) is 24.7 Å². The van der Waals surface area contributed by atoms with Crippen molar-refractivity contribution in [1.29, 1.82) is 0 Å². The van der Waals surface area contributed by atoms with Crippen molar-refractivity contribution in [2.24, 2.45) is 12.0 Å². The van der Waals surface area contributed by atoms with Gasteiger partial charge in [-0.1, -0.05) is 23.7 Å². The number of rotatable bonds is 3. The number of aliphatic imine (C=N–C) groups is 1. The quantitative estimate of drug-likeness (QED) is 0.860. The van der Waals surface area contributed by atoms with Crippen LogP contribution >= 0.6 is 11.6 Å². The largest absolute Gasteiger partial charge is 0.340 e. The van der Waals surface area contributed by atoms with Crippen molar-refractivity contribution in [1.82, 2.24) is 24.9 Å². The highest BCUT2D eigenvalue weighted by atomic mass is 35.5. The van der Waals surface area contributed by atoms with E-state index in [1.807, 2.05) is 42.2 Å². The van der Waals surface area contributed by atoms with Crippen molar-refractivity contribution in [3.05, 3.63) is 46.6 Å². The average Bonchev–Trinajstić information content (AvgIpc) is 3.03. The van der Waals surface area contributed by atoms with Crippen LogP contribution in [-0.2, 0) is 13.6 Å². The number of anilines is 1. The van der Waals surface area contributed by atoms with Crippen LogP contribution in [0.1, 0.15) is 17.3 Å². The smallest absolute Gasteiger partial charge is 0.201 e. The Morgan fingerprint density at radius 1 is 1.15 bits per heavy atom. The van der Waals surface area contributed by atoms with Crippen molar-refractivity contribution < 1.29 is 0 Å². The first-order chi connectivity index (χ1) is 12.6. The first-order valence-corrected chi connectivity index (χ1v) is 9.26. The zero-order chi connectivity index (χ0) is 18.1. The van der Waals surface area contributed by atoms with E-state index in [1.54, 1.807) is 0 Å². The summed E-state index contributed by atoms with van der Waals surface area (Å²) in [4.78, 5) is 9.59. The molecule has 26 heavy (non-hydrogen) atoms. The summed E-state index contributed by atoms with van der Waals surface area (Å²) >= 11 is 5.98. The summed E-state index contributed by atoms with van der Waals surface area (Å²) in [6, 6.07) is 7.89. The lowest BCUT2D eigenvalue weighted by molar-refractivity contribution is 0.214. The number of fused-ring (bicyclic) bond motifs is 1. The number of nitrogens with zero attached hydrogens (tertiary/aromatic N) is 5. The summed E-state index contributed by atoms with van der Waals surface area (Å²) in [5.41, 5.74) is 2.24. The number of aryl methyl sites for hydroxylation is 1. The molecule has 2 aliphatic heterocycles. The van der Waals surface area contributed by atoms with E-state index in [2.05, 4.69) is 32.6 Å². The van der Waals surface area contributed by atoms with Gasteiger partial charge in [0.1, 0.15) is 12.0 Å². The molecule has 1 saturated heterocycles. The maximum absolute atomic E-state index is 5.98. The van der Waals surface area contributed by atoms with Gasteiger partial charge in [0.15, 0.2) is 0 Å². The van der Waals surface area contributed by atoms with Crippen LogP contribution in [0.5, 0.6) is 0 Å². The molecule has 1 unspecified atom stereocenters. The molecule has 1 atom stereocenters. The van der Waals surface area contributed by atoms with Crippen LogP contribution in [0.3, 0.4) is 0 Å². The highest BCUT2D eigenvalue weighted by Crippen LogP contribution is 2.28. The number of halogens is 1. The van der Waals surface area contributed by atoms with E-state index in [-0.39, 0.29) is 6.17 Å². The number of likely N-dealkylation sites (N-methyl/N-ethyl adjacent to an activating group) is 1. The summed E-state index contributed by atoms with van der Waals surface area (Å²) in [5, 5.41) is 12.2. The van der Waals surface area contributed by atoms with E-state index in [9.17, 15) is 0 Å². The Hall–Kier alpha value is -2.09. The SMILES string of the molecule is CN1CCN(C2=NC(NCc3ccc(Cl)cc3)c3cnn(C)c3N2)CC1. The van der Waals surface area contributed by atoms with Gasteiger partial charge in [0.05, 0.1) is 11.8 Å². The minimum Gasteiger partial charge on any atom is -0.340 e. The lowest BCUT2D eigenvalue weighted by Gasteiger charge is -2.36. The van der Waals surface area contributed by atoms with Crippen LogP contribution in [0.4, 0.5) is 5.82 Å². The summed E-state index contributed by atoms with van der Waals surface area (Å²) in [5.74, 6) is 1.92. The molecule has 7 nitrogen and oxygen atoms in total. The predicted molar refractivity (Wildman–Crippen MR) is 104 cm³/mol. The van der Waals surface area contributed by atoms with Gasteiger partial charge in [-0.15, -0.1) is 0 Å². The molecule has 1 aromatic heterocycles. The zero-order valence-corrected chi connectivity index (χ0v) is 15.9. The molecule has 0 amide bonds. The third kappa shape index (κ3) is 3.56. The number of guanidine groups is 1. The topological polar surface area (TPSA) is 60.7 Å². The monoisotopic (exact) mass is 373 g/mol. The highest BCUT2D eigenvalue weighted by molar-refractivity contribution is 6.30. The number of aromatic nitrogens is 2. The second kappa shape index (κ2) is 7.26. The maximum atomic E-state index is 5.98. The second-order valence-electron chi connectivity index (χ2n) is 6.85. The van der Waals surface area contributed by atoms with Crippen LogP contribution in [0.25, 0.3) is 0 Å². The molecule has 0 bridgehead atoms. The van der Waals surface area contributed by atoms with Crippen LogP contribution in [0, 0.1) is 0 Å². The normalized spacial score (nSPS) is 20.5. The van der Waals surface area contributed by atoms with Crippen molar-refractivity contribution in [2.45, 2.75) is 12.7 Å². The van der Waals surface area contributed by atoms with Gasteiger partial charge in [0, 0.05) is 44.8 Å². The van der Waals surface area contributed by atoms with Crippen molar-refractivity contribution >= 4 is 23.4 Å². The molecule has 1 fully saturated rings. The zero-order valence-electron chi connectivity index (χ0n) is 15.1. The Kier molecular flexibility index (Phi) is 4.84. The number of nitrogens with one attached hydrogen (secondary N) is 2. The molecular formula is C18H24ClN7. The van der Waals surface area contributed by atoms with E-state index < -0.39 is 0 Å². The molecule has 8 heteroatoms. The number of hydrogen-bond donors (Lipinski definition) is 2. The minimum absolute atomic E-state index is 0.120. The highest BCUT2D eigenvalue weighted by Gasteiger charge is 2.28. The Labute approximate surface area is 158 Å². The Morgan fingerprint density at radius 2 is 1.88 bits per heavy atom. The van der Waals surface area contributed by atoms with Gasteiger partial charge in [0.25, 0.3) is 0 Å². The molecule has 2 N–H and O–H groups in total. The van der Waals surface area contributed by atoms with Gasteiger partial charge in [-0.2, -0.15) is 5.10 Å². The molecule has 3 heterocycles. The number of hydrogen-bond acceptors (Lipinski definition) is 6. The van der Waals surface area contributed by atoms with Crippen molar-refractivity contribution in [2.75, 3.05) is 38.5 Å². The molecule has 2 aromatic rings. The van der Waals surface area contributed by atoms with Gasteiger partial charge >= 0.3 is 0 Å². The van der Waals surface area contributed by atoms with Gasteiger partial charge in [0.2, 0.25) is 5.96 Å². The molecule has 0 spiro atoms. The standard InChI is InChI=1S/C18H24ClN7/c1-24-7-9-26(10-8-24)18-22-16(15-12-21-25(2)17(15)23-18)20-11-13-3-5-14(19)6-4-13/h3-6,12,16,20H,7-11H2,1-2H3,(H,22,23). The van der Waals surface area contributed by atoms with E-state index in [0.717, 1.165) is 55.1 Å². The number of piperazine rings is 1. The molecule has 1 aromatic carbocycles. The molecule has 2 aliphatic rings. The van der Waals surface area contributed by atoms with Crippen LogP contribution in [-0.4, -0.2) is 58.8 Å². The van der Waals surface area contributed by atoms with E-state index in [1.165, 1.54) is 5.56 Å². The molecular weight excluding hydrogens is 350 g/mol. The van der Waals surface area contributed by atoms with E-state index >= 15 is 0 Å². The molecule has 4 rings (SSSR count). The Morgan fingerprint density at radius 3 is 2.62 bits per heavy atom. The molecule has 0 aliphatic carbocycles. The fourth-order valence-electron chi connectivity index (χ4n) is 3.29. The van der Waals surface area contributed by atoms with Crippen molar-refractivity contribution in [3.8, 4) is 0 Å². The summed E-state index contributed by atoms with van der Waals surface area (Å²) < 4.78 is 1.87. The number of benzene rings is 1. The van der Waals surface area contributed by atoms with Crippen LogP contribution in [0.15, 0.2) is 35.5 Å². The van der Waals surface area contributed by atoms with Gasteiger partial charge in [-0.25, -0.2) is 4.99 Å². The second-order valence-corrected chi connectivity index (χ2v) is 7.29. The summed E-state index contributed by atoms with van der Waals surface area (Å²) in [7, 11) is 4.11. The lowest BCUT2D eigenvalue weighted by Crippen LogP contribution is -2.50.